The van der Waals surface area contributed by atoms with Crippen LogP contribution in [0.25, 0.3) is 0 Å². The zero-order chi connectivity index (χ0) is 24.5. The Morgan fingerprint density at radius 3 is 2.69 bits per heavy atom. The van der Waals surface area contributed by atoms with Gasteiger partial charge in [-0.05, 0) is 61.6 Å². The molecule has 5 rings (SSSR count). The second-order valence-corrected chi connectivity index (χ2v) is 9.97. The number of halogens is 3. The summed E-state index contributed by atoms with van der Waals surface area (Å²) in [7, 11) is 0. The van der Waals surface area contributed by atoms with Gasteiger partial charge in [-0.1, -0.05) is 23.2 Å². The predicted molar refractivity (Wildman–Crippen MR) is 128 cm³/mol. The molecule has 0 radical (unpaired) electrons. The van der Waals surface area contributed by atoms with Gasteiger partial charge >= 0.3 is 6.09 Å². The third kappa shape index (κ3) is 5.43. The minimum Gasteiger partial charge on any atom is -0.490 e. The number of ether oxygens (including phenoxy) is 3. The van der Waals surface area contributed by atoms with Gasteiger partial charge < -0.3 is 24.4 Å². The van der Waals surface area contributed by atoms with Crippen molar-refractivity contribution in [3.8, 4) is 11.5 Å². The van der Waals surface area contributed by atoms with Crippen molar-refractivity contribution >= 4 is 35.2 Å². The van der Waals surface area contributed by atoms with Crippen LogP contribution in [-0.4, -0.2) is 54.3 Å². The van der Waals surface area contributed by atoms with Crippen molar-refractivity contribution in [3.63, 3.8) is 0 Å². The van der Waals surface area contributed by atoms with Crippen molar-refractivity contribution in [1.29, 1.82) is 0 Å². The number of hydrogen-bond acceptors (Lipinski definition) is 5. The fraction of sp³-hybridized carbons (Fsp3) is 0.440. The van der Waals surface area contributed by atoms with Crippen LogP contribution in [0.5, 0.6) is 11.5 Å². The van der Waals surface area contributed by atoms with Gasteiger partial charge in [-0.3, -0.25) is 4.79 Å². The van der Waals surface area contributed by atoms with Crippen LogP contribution in [0.4, 0.5) is 9.18 Å². The molecule has 1 aliphatic carbocycles. The number of nitrogens with one attached hydrogen (secondary N) is 1. The smallest absolute Gasteiger partial charge is 0.410 e. The molecule has 186 valence electrons. The van der Waals surface area contributed by atoms with Gasteiger partial charge in [-0.15, -0.1) is 0 Å². The summed E-state index contributed by atoms with van der Waals surface area (Å²) < 4.78 is 30.4. The van der Waals surface area contributed by atoms with Gasteiger partial charge in [0.25, 0.3) is 5.91 Å². The van der Waals surface area contributed by atoms with E-state index in [1.165, 1.54) is 12.1 Å². The van der Waals surface area contributed by atoms with Crippen molar-refractivity contribution in [1.82, 2.24) is 10.2 Å². The molecule has 2 amide bonds. The summed E-state index contributed by atoms with van der Waals surface area (Å²) in [6.07, 6.45) is 2.19. The molecule has 1 N–H and O–H groups in total. The van der Waals surface area contributed by atoms with E-state index in [0.29, 0.717) is 29.5 Å². The summed E-state index contributed by atoms with van der Waals surface area (Å²) in [5.74, 6) is 0.337. The van der Waals surface area contributed by atoms with Crippen LogP contribution in [0, 0.1) is 5.82 Å². The maximum atomic E-state index is 13.6. The molecule has 2 aromatic rings. The first-order chi connectivity index (χ1) is 16.9. The minimum absolute atomic E-state index is 0.0217. The van der Waals surface area contributed by atoms with Crippen LogP contribution in [0.1, 0.15) is 31.2 Å². The van der Waals surface area contributed by atoms with Gasteiger partial charge in [-0.2, -0.15) is 0 Å². The predicted octanol–water partition coefficient (Wildman–Crippen LogP) is 4.76. The number of carbonyl (C=O) groups excluding carboxylic acids is 2. The second kappa shape index (κ2) is 10.1. The van der Waals surface area contributed by atoms with Crippen LogP contribution < -0.4 is 14.8 Å². The Morgan fingerprint density at radius 1 is 1.11 bits per heavy atom. The summed E-state index contributed by atoms with van der Waals surface area (Å²) in [6.45, 7) is 0.539. The Labute approximate surface area is 212 Å². The van der Waals surface area contributed by atoms with Gasteiger partial charge in [0, 0.05) is 29.6 Å². The quantitative estimate of drug-likeness (QED) is 0.591. The molecule has 35 heavy (non-hydrogen) atoms. The van der Waals surface area contributed by atoms with Crippen molar-refractivity contribution in [2.24, 2.45) is 0 Å². The number of rotatable bonds is 6. The minimum atomic E-state index is -0.563. The number of amides is 2. The lowest BCUT2D eigenvalue weighted by molar-refractivity contribution is -0.128. The summed E-state index contributed by atoms with van der Waals surface area (Å²) in [4.78, 5) is 26.9. The van der Waals surface area contributed by atoms with E-state index in [0.717, 1.165) is 31.2 Å². The number of cyclic esters (lactones) is 1. The molecule has 2 unspecified atom stereocenters. The van der Waals surface area contributed by atoms with Crippen LogP contribution in [-0.2, 0) is 16.0 Å². The first-order valence-corrected chi connectivity index (χ1v) is 12.4. The third-order valence-electron chi connectivity index (χ3n) is 6.70. The van der Waals surface area contributed by atoms with Gasteiger partial charge in [0.15, 0.2) is 12.2 Å². The summed E-state index contributed by atoms with van der Waals surface area (Å²) in [5.41, 5.74) is 0.939. The molecule has 0 spiro atoms. The highest BCUT2D eigenvalue weighted by Crippen LogP contribution is 2.32. The molecular weight excluding hydrogens is 498 g/mol. The topological polar surface area (TPSA) is 77.1 Å². The van der Waals surface area contributed by atoms with E-state index in [9.17, 15) is 14.0 Å². The van der Waals surface area contributed by atoms with Gasteiger partial charge in [-0.25, -0.2) is 9.18 Å². The van der Waals surface area contributed by atoms with Crippen molar-refractivity contribution in [2.75, 3.05) is 13.2 Å². The Balaban J connectivity index is 1.07. The highest BCUT2D eigenvalue weighted by atomic mass is 35.5. The fourth-order valence-corrected chi connectivity index (χ4v) is 5.18. The second-order valence-electron chi connectivity index (χ2n) is 9.12. The molecule has 0 bridgehead atoms. The van der Waals surface area contributed by atoms with Gasteiger partial charge in [0.2, 0.25) is 0 Å². The van der Waals surface area contributed by atoms with Crippen molar-refractivity contribution in [2.45, 2.75) is 56.4 Å². The maximum absolute atomic E-state index is 13.6. The van der Waals surface area contributed by atoms with E-state index in [4.69, 9.17) is 37.4 Å². The Hall–Kier alpha value is -2.71. The van der Waals surface area contributed by atoms with Crippen molar-refractivity contribution < 1.29 is 28.2 Å². The Kier molecular flexibility index (Phi) is 6.93. The molecule has 3 aliphatic rings. The molecule has 10 heteroatoms. The number of carbonyl (C=O) groups is 2. The molecule has 2 aromatic carbocycles. The fourth-order valence-electron chi connectivity index (χ4n) is 4.87. The molecule has 2 atom stereocenters. The molecule has 0 aromatic heterocycles. The molecule has 7 nitrogen and oxygen atoms in total. The first-order valence-electron chi connectivity index (χ1n) is 11.7. The van der Waals surface area contributed by atoms with E-state index in [1.807, 2.05) is 6.07 Å². The first kappa shape index (κ1) is 24.0. The summed E-state index contributed by atoms with van der Waals surface area (Å²) in [5, 5.41) is 3.74. The van der Waals surface area contributed by atoms with E-state index < -0.39 is 18.0 Å². The summed E-state index contributed by atoms with van der Waals surface area (Å²) >= 11 is 11.7. The standard InChI is InChI=1S/C25H25Cl2FN2O5/c26-15-1-8-22-14(9-15)10-23(35-22)24(31)29-16-2-4-17(5-3-16)30-12-19(34-25(30)32)13-33-18-6-7-20(27)21(28)11-18/h1,6-9,11,16-17,19,23H,2-5,10,12-13H2,(H,29,31). The molecule has 1 saturated heterocycles. The third-order valence-corrected chi connectivity index (χ3v) is 7.24. The number of hydrogen-bond donors (Lipinski definition) is 1. The zero-order valence-electron chi connectivity index (χ0n) is 18.8. The maximum Gasteiger partial charge on any atom is 0.410 e. The van der Waals surface area contributed by atoms with E-state index in [2.05, 4.69) is 5.32 Å². The molecule has 2 heterocycles. The Bertz CT molecular complexity index is 1130. The highest BCUT2D eigenvalue weighted by Gasteiger charge is 2.39. The number of nitrogens with zero attached hydrogens (tertiary/aromatic N) is 1. The lowest BCUT2D eigenvalue weighted by Crippen LogP contribution is -2.47. The lowest BCUT2D eigenvalue weighted by Gasteiger charge is -2.33. The van der Waals surface area contributed by atoms with Crippen LogP contribution in [0.3, 0.4) is 0 Å². The van der Waals surface area contributed by atoms with Gasteiger partial charge in [0.05, 0.1) is 11.6 Å². The molecule has 1 saturated carbocycles. The highest BCUT2D eigenvalue weighted by molar-refractivity contribution is 6.31. The molecular formula is C25H25Cl2FN2O5. The summed E-state index contributed by atoms with van der Waals surface area (Å²) in [6, 6.07) is 9.64. The largest absolute Gasteiger partial charge is 0.490 e. The monoisotopic (exact) mass is 522 g/mol. The average molecular weight is 523 g/mol. The average Bonchev–Trinajstić information content (AvgIpc) is 3.43. The SMILES string of the molecule is O=C(NC1CCC(N2CC(COc3ccc(Cl)c(F)c3)OC2=O)CC1)C1Cc2cc(Cl)ccc2O1. The van der Waals surface area contributed by atoms with E-state index in [1.54, 1.807) is 23.1 Å². The number of fused-ring (bicyclic) bond motifs is 1. The molecule has 2 fully saturated rings. The number of benzene rings is 2. The van der Waals surface area contributed by atoms with Crippen molar-refractivity contribution in [3.05, 3.63) is 57.8 Å². The molecule has 2 aliphatic heterocycles. The van der Waals surface area contributed by atoms with Crippen LogP contribution >= 0.6 is 23.2 Å². The van der Waals surface area contributed by atoms with Crippen LogP contribution in [0.15, 0.2) is 36.4 Å². The van der Waals surface area contributed by atoms with E-state index >= 15 is 0 Å². The lowest BCUT2D eigenvalue weighted by atomic mass is 9.90. The Morgan fingerprint density at radius 2 is 1.91 bits per heavy atom. The van der Waals surface area contributed by atoms with E-state index in [-0.39, 0.29) is 35.7 Å². The normalized spacial score (nSPS) is 25.6. The van der Waals surface area contributed by atoms with Gasteiger partial charge in [0.1, 0.15) is 23.9 Å². The zero-order valence-corrected chi connectivity index (χ0v) is 20.4. The van der Waals surface area contributed by atoms with Crippen LogP contribution in [0.2, 0.25) is 10.0 Å².